The molecular formula is C24H28N2O3. The molecular weight excluding hydrogens is 364 g/mol. The second-order valence-corrected chi connectivity index (χ2v) is 7.94. The summed E-state index contributed by atoms with van der Waals surface area (Å²) >= 11 is 0. The molecule has 0 spiro atoms. The first-order valence-corrected chi connectivity index (χ1v) is 10.4. The van der Waals surface area contributed by atoms with Gasteiger partial charge in [0.05, 0.1) is 19.1 Å². The Hall–Kier alpha value is -2.82. The number of likely N-dealkylation sites (tertiary alicyclic amines) is 1. The summed E-state index contributed by atoms with van der Waals surface area (Å²) < 4.78 is 5.29. The molecule has 2 aliphatic rings. The molecule has 4 rings (SSSR count). The van der Waals surface area contributed by atoms with E-state index in [1.165, 1.54) is 12.8 Å². The lowest BCUT2D eigenvalue weighted by Crippen LogP contribution is -2.47. The molecule has 29 heavy (non-hydrogen) atoms. The van der Waals surface area contributed by atoms with E-state index in [0.717, 1.165) is 42.8 Å². The highest BCUT2D eigenvalue weighted by atomic mass is 16.5. The van der Waals surface area contributed by atoms with Crippen molar-refractivity contribution < 1.29 is 14.3 Å². The van der Waals surface area contributed by atoms with Gasteiger partial charge in [-0.2, -0.15) is 0 Å². The van der Waals surface area contributed by atoms with E-state index in [2.05, 4.69) is 0 Å². The number of carbonyl (C=O) groups excluding carboxylic acids is 2. The molecule has 2 atom stereocenters. The molecule has 5 nitrogen and oxygen atoms in total. The van der Waals surface area contributed by atoms with Crippen LogP contribution in [0.3, 0.4) is 0 Å². The highest BCUT2D eigenvalue weighted by Gasteiger charge is 2.43. The summed E-state index contributed by atoms with van der Waals surface area (Å²) in [7, 11) is 3.43. The van der Waals surface area contributed by atoms with Gasteiger partial charge >= 0.3 is 0 Å². The quantitative estimate of drug-likeness (QED) is 0.793. The number of amides is 2. The molecule has 152 valence electrons. The van der Waals surface area contributed by atoms with Crippen LogP contribution in [-0.2, 0) is 4.79 Å². The SMILES string of the molecule is COc1ccc(C2C(C(=O)N3CCCCCC3)c3ccccc3C(=O)N2C)cc1. The van der Waals surface area contributed by atoms with E-state index in [9.17, 15) is 9.59 Å². The summed E-state index contributed by atoms with van der Waals surface area (Å²) in [5.41, 5.74) is 2.42. The predicted molar refractivity (Wildman–Crippen MR) is 112 cm³/mol. The van der Waals surface area contributed by atoms with E-state index >= 15 is 0 Å². The van der Waals surface area contributed by atoms with Crippen molar-refractivity contribution in [3.8, 4) is 5.75 Å². The summed E-state index contributed by atoms with van der Waals surface area (Å²) in [5.74, 6) is 0.440. The molecule has 2 aromatic rings. The fourth-order valence-corrected chi connectivity index (χ4v) is 4.65. The maximum Gasteiger partial charge on any atom is 0.254 e. The number of carbonyl (C=O) groups is 2. The first-order chi connectivity index (χ1) is 14.1. The van der Waals surface area contributed by atoms with Gasteiger partial charge in [0.15, 0.2) is 0 Å². The normalized spacial score (nSPS) is 22.1. The van der Waals surface area contributed by atoms with Crippen LogP contribution in [0.1, 0.15) is 59.1 Å². The zero-order chi connectivity index (χ0) is 20.4. The van der Waals surface area contributed by atoms with Crippen molar-refractivity contribution in [2.75, 3.05) is 27.2 Å². The van der Waals surface area contributed by atoms with Gasteiger partial charge in [-0.25, -0.2) is 0 Å². The molecule has 2 amide bonds. The Morgan fingerprint density at radius 1 is 0.966 bits per heavy atom. The fourth-order valence-electron chi connectivity index (χ4n) is 4.65. The van der Waals surface area contributed by atoms with Gasteiger partial charge in [-0.15, -0.1) is 0 Å². The average molecular weight is 392 g/mol. The largest absolute Gasteiger partial charge is 0.497 e. The van der Waals surface area contributed by atoms with Crippen LogP contribution < -0.4 is 4.74 Å². The summed E-state index contributed by atoms with van der Waals surface area (Å²) in [5, 5.41) is 0. The Morgan fingerprint density at radius 3 is 2.28 bits per heavy atom. The zero-order valence-corrected chi connectivity index (χ0v) is 17.1. The Morgan fingerprint density at radius 2 is 1.62 bits per heavy atom. The highest BCUT2D eigenvalue weighted by Crippen LogP contribution is 2.43. The summed E-state index contributed by atoms with van der Waals surface area (Å²) in [6.45, 7) is 1.59. The molecule has 0 N–H and O–H groups in total. The number of hydrogen-bond acceptors (Lipinski definition) is 3. The van der Waals surface area contributed by atoms with Crippen LogP contribution in [0, 0.1) is 0 Å². The number of likely N-dealkylation sites (N-methyl/N-ethyl adjacent to an activating group) is 1. The van der Waals surface area contributed by atoms with E-state index in [-0.39, 0.29) is 17.9 Å². The van der Waals surface area contributed by atoms with Gasteiger partial charge in [0.1, 0.15) is 5.75 Å². The number of nitrogens with zero attached hydrogens (tertiary/aromatic N) is 2. The van der Waals surface area contributed by atoms with Crippen molar-refractivity contribution in [3.05, 3.63) is 65.2 Å². The van der Waals surface area contributed by atoms with E-state index in [0.29, 0.717) is 5.56 Å². The molecule has 2 heterocycles. The molecule has 1 saturated heterocycles. The van der Waals surface area contributed by atoms with Crippen molar-refractivity contribution in [3.63, 3.8) is 0 Å². The minimum atomic E-state index is -0.402. The highest BCUT2D eigenvalue weighted by molar-refractivity contribution is 6.01. The molecule has 1 fully saturated rings. The number of methoxy groups -OCH3 is 1. The topological polar surface area (TPSA) is 49.9 Å². The Balaban J connectivity index is 1.79. The number of fused-ring (bicyclic) bond motifs is 1. The third-order valence-corrected chi connectivity index (χ3v) is 6.22. The Bertz CT molecular complexity index is 885. The average Bonchev–Trinajstić information content (AvgIpc) is 3.05. The molecule has 2 aromatic carbocycles. The van der Waals surface area contributed by atoms with Gasteiger partial charge in [-0.1, -0.05) is 43.2 Å². The van der Waals surface area contributed by atoms with Crippen molar-refractivity contribution in [1.82, 2.24) is 9.80 Å². The number of ether oxygens (including phenoxy) is 1. The monoisotopic (exact) mass is 392 g/mol. The van der Waals surface area contributed by atoms with Crippen molar-refractivity contribution in [2.24, 2.45) is 0 Å². The van der Waals surface area contributed by atoms with Crippen LogP contribution in [0.4, 0.5) is 0 Å². The van der Waals surface area contributed by atoms with Crippen LogP contribution in [0.25, 0.3) is 0 Å². The minimum absolute atomic E-state index is 0.0404. The van der Waals surface area contributed by atoms with Crippen LogP contribution in [0.15, 0.2) is 48.5 Å². The summed E-state index contributed by atoms with van der Waals surface area (Å²) in [4.78, 5) is 30.6. The van der Waals surface area contributed by atoms with Crippen LogP contribution in [-0.4, -0.2) is 48.9 Å². The van der Waals surface area contributed by atoms with Crippen LogP contribution in [0.2, 0.25) is 0 Å². The van der Waals surface area contributed by atoms with Gasteiger partial charge in [0, 0.05) is 25.7 Å². The molecule has 0 radical (unpaired) electrons. The second kappa shape index (κ2) is 8.27. The van der Waals surface area contributed by atoms with Crippen molar-refractivity contribution >= 4 is 11.8 Å². The van der Waals surface area contributed by atoms with Gasteiger partial charge in [-0.3, -0.25) is 9.59 Å². The lowest BCUT2D eigenvalue weighted by atomic mass is 9.79. The zero-order valence-electron chi connectivity index (χ0n) is 17.1. The minimum Gasteiger partial charge on any atom is -0.497 e. The molecule has 0 aliphatic carbocycles. The smallest absolute Gasteiger partial charge is 0.254 e. The van der Waals surface area contributed by atoms with Gasteiger partial charge in [0.25, 0.3) is 5.91 Å². The van der Waals surface area contributed by atoms with Crippen molar-refractivity contribution in [2.45, 2.75) is 37.6 Å². The third kappa shape index (κ3) is 3.61. The second-order valence-electron chi connectivity index (χ2n) is 7.94. The lowest BCUT2D eigenvalue weighted by molar-refractivity contribution is -0.134. The molecule has 0 saturated carbocycles. The molecule has 0 aromatic heterocycles. The van der Waals surface area contributed by atoms with E-state index < -0.39 is 5.92 Å². The summed E-state index contributed by atoms with van der Waals surface area (Å²) in [6, 6.07) is 14.9. The number of benzene rings is 2. The summed E-state index contributed by atoms with van der Waals surface area (Å²) in [6.07, 6.45) is 4.43. The van der Waals surface area contributed by atoms with Gasteiger partial charge in [-0.05, 0) is 42.2 Å². The van der Waals surface area contributed by atoms with Crippen LogP contribution >= 0.6 is 0 Å². The molecule has 2 unspecified atom stereocenters. The van der Waals surface area contributed by atoms with Gasteiger partial charge < -0.3 is 14.5 Å². The number of rotatable bonds is 3. The first kappa shape index (κ1) is 19.5. The number of hydrogen-bond donors (Lipinski definition) is 0. The Kier molecular flexibility index (Phi) is 5.56. The molecule has 0 bridgehead atoms. The Labute approximate surface area is 172 Å². The fraction of sp³-hybridized carbons (Fsp3) is 0.417. The maximum atomic E-state index is 13.8. The maximum absolute atomic E-state index is 13.8. The molecule has 2 aliphatic heterocycles. The lowest BCUT2D eigenvalue weighted by Gasteiger charge is -2.41. The predicted octanol–water partition coefficient (Wildman–Crippen LogP) is 4.01. The van der Waals surface area contributed by atoms with E-state index in [4.69, 9.17) is 4.74 Å². The standard InChI is InChI=1S/C24H28N2O3/c1-25-22(17-11-13-18(29-2)14-12-17)21(19-9-5-6-10-20(19)23(25)27)24(28)26-15-7-3-4-8-16-26/h5-6,9-14,21-22H,3-4,7-8,15-16H2,1-2H3. The van der Waals surface area contributed by atoms with Crippen LogP contribution in [0.5, 0.6) is 5.75 Å². The molecule has 5 heteroatoms. The van der Waals surface area contributed by atoms with E-state index in [1.807, 2.05) is 53.4 Å². The van der Waals surface area contributed by atoms with Crippen molar-refractivity contribution in [1.29, 1.82) is 0 Å². The first-order valence-electron chi connectivity index (χ1n) is 10.4. The van der Waals surface area contributed by atoms with Gasteiger partial charge in [0.2, 0.25) is 5.91 Å². The third-order valence-electron chi connectivity index (χ3n) is 6.22. The van der Waals surface area contributed by atoms with E-state index in [1.54, 1.807) is 19.1 Å².